The van der Waals surface area contributed by atoms with Gasteiger partial charge in [-0.25, -0.2) is 0 Å². The summed E-state index contributed by atoms with van der Waals surface area (Å²) in [6, 6.07) is 12.7. The Morgan fingerprint density at radius 3 is 2.64 bits per heavy atom. The fraction of sp³-hybridized carbons (Fsp3) is 0.400. The molecule has 3 heterocycles. The van der Waals surface area contributed by atoms with Crippen molar-refractivity contribution >= 4 is 16.8 Å². The number of nitrogens with zero attached hydrogens (tertiary/aromatic N) is 3. The molecule has 0 spiro atoms. The minimum atomic E-state index is 0.168. The van der Waals surface area contributed by atoms with E-state index in [1.165, 1.54) is 16.6 Å². The van der Waals surface area contributed by atoms with Gasteiger partial charge in [-0.2, -0.15) is 5.10 Å². The number of aromatic nitrogens is 3. The van der Waals surface area contributed by atoms with Gasteiger partial charge < -0.3 is 9.88 Å². The molecule has 0 atom stereocenters. The van der Waals surface area contributed by atoms with E-state index in [0.717, 1.165) is 37.3 Å². The van der Waals surface area contributed by atoms with Gasteiger partial charge in [-0.1, -0.05) is 18.2 Å². The third kappa shape index (κ3) is 3.18. The van der Waals surface area contributed by atoms with E-state index in [1.807, 2.05) is 24.8 Å². The SMILES string of the molecule is Cc1cc(C)n(CC(=O)N2CCC(c3cc4ccccc4[nH]3)CC2)n1. The van der Waals surface area contributed by atoms with Crippen LogP contribution in [0.15, 0.2) is 36.4 Å². The molecule has 1 aliphatic heterocycles. The Labute approximate surface area is 147 Å². The van der Waals surface area contributed by atoms with Crippen LogP contribution in [0.3, 0.4) is 0 Å². The second kappa shape index (κ2) is 6.39. The van der Waals surface area contributed by atoms with Crippen molar-refractivity contribution in [2.45, 2.75) is 39.2 Å². The Balaban J connectivity index is 1.39. The quantitative estimate of drug-likeness (QED) is 0.797. The smallest absolute Gasteiger partial charge is 0.244 e. The second-order valence-corrected chi connectivity index (χ2v) is 7.05. The zero-order chi connectivity index (χ0) is 17.4. The first kappa shape index (κ1) is 15.9. The largest absolute Gasteiger partial charge is 0.358 e. The van der Waals surface area contributed by atoms with Gasteiger partial charge in [0.15, 0.2) is 0 Å². The van der Waals surface area contributed by atoms with Crippen molar-refractivity contribution in [3.63, 3.8) is 0 Å². The zero-order valence-electron chi connectivity index (χ0n) is 14.8. The molecule has 5 nitrogen and oxygen atoms in total. The van der Waals surface area contributed by atoms with Gasteiger partial charge in [-0.15, -0.1) is 0 Å². The van der Waals surface area contributed by atoms with Crippen LogP contribution in [0.2, 0.25) is 0 Å². The van der Waals surface area contributed by atoms with Crippen LogP contribution >= 0.6 is 0 Å². The van der Waals surface area contributed by atoms with Gasteiger partial charge in [0.1, 0.15) is 6.54 Å². The lowest BCUT2D eigenvalue weighted by Crippen LogP contribution is -2.40. The van der Waals surface area contributed by atoms with Crippen LogP contribution in [0.5, 0.6) is 0 Å². The van der Waals surface area contributed by atoms with E-state index in [4.69, 9.17) is 0 Å². The number of rotatable bonds is 3. The van der Waals surface area contributed by atoms with Crippen LogP contribution in [-0.4, -0.2) is 38.7 Å². The molecule has 1 aliphatic rings. The van der Waals surface area contributed by atoms with E-state index in [1.54, 1.807) is 4.68 Å². The minimum Gasteiger partial charge on any atom is -0.358 e. The van der Waals surface area contributed by atoms with Gasteiger partial charge in [0.2, 0.25) is 5.91 Å². The Hall–Kier alpha value is -2.56. The third-order valence-electron chi connectivity index (χ3n) is 5.23. The topological polar surface area (TPSA) is 53.9 Å². The number of piperidine rings is 1. The lowest BCUT2D eigenvalue weighted by Gasteiger charge is -2.31. The number of carbonyl (C=O) groups is 1. The Morgan fingerprint density at radius 1 is 1.20 bits per heavy atom. The van der Waals surface area contributed by atoms with Crippen LogP contribution in [0.25, 0.3) is 10.9 Å². The average Bonchev–Trinajstić information content (AvgIpc) is 3.18. The molecule has 2 aromatic heterocycles. The molecule has 4 rings (SSSR count). The number of likely N-dealkylation sites (tertiary alicyclic amines) is 1. The van der Waals surface area contributed by atoms with Gasteiger partial charge >= 0.3 is 0 Å². The highest BCUT2D eigenvalue weighted by molar-refractivity contribution is 5.80. The summed E-state index contributed by atoms with van der Waals surface area (Å²) in [5.74, 6) is 0.673. The predicted octanol–water partition coefficient (Wildman–Crippen LogP) is 3.39. The van der Waals surface area contributed by atoms with E-state index < -0.39 is 0 Å². The molecule has 0 unspecified atom stereocenters. The first-order valence-corrected chi connectivity index (χ1v) is 8.96. The average molecular weight is 336 g/mol. The van der Waals surface area contributed by atoms with Crippen LogP contribution in [-0.2, 0) is 11.3 Å². The van der Waals surface area contributed by atoms with Gasteiger partial charge in [0, 0.05) is 35.9 Å². The fourth-order valence-electron chi connectivity index (χ4n) is 3.82. The van der Waals surface area contributed by atoms with Crippen LogP contribution in [0.1, 0.15) is 35.8 Å². The minimum absolute atomic E-state index is 0.168. The van der Waals surface area contributed by atoms with Crippen LogP contribution < -0.4 is 0 Å². The van der Waals surface area contributed by atoms with E-state index in [0.29, 0.717) is 12.5 Å². The number of hydrogen-bond donors (Lipinski definition) is 1. The molecule has 1 N–H and O–H groups in total. The summed E-state index contributed by atoms with van der Waals surface area (Å²) >= 11 is 0. The van der Waals surface area contributed by atoms with Crippen molar-refractivity contribution in [1.82, 2.24) is 19.7 Å². The Kier molecular flexibility index (Phi) is 4.07. The molecule has 0 radical (unpaired) electrons. The molecular weight excluding hydrogens is 312 g/mol. The maximum absolute atomic E-state index is 12.6. The van der Waals surface area contributed by atoms with Crippen LogP contribution in [0.4, 0.5) is 0 Å². The third-order valence-corrected chi connectivity index (χ3v) is 5.23. The Morgan fingerprint density at radius 2 is 1.96 bits per heavy atom. The fourth-order valence-corrected chi connectivity index (χ4v) is 3.82. The highest BCUT2D eigenvalue weighted by Crippen LogP contribution is 2.30. The van der Waals surface area contributed by atoms with Crippen molar-refractivity contribution in [2.24, 2.45) is 0 Å². The number of amides is 1. The van der Waals surface area contributed by atoms with Gasteiger partial charge in [0.25, 0.3) is 0 Å². The summed E-state index contributed by atoms with van der Waals surface area (Å²) in [5, 5.41) is 5.66. The number of aromatic amines is 1. The number of para-hydroxylation sites is 1. The molecule has 130 valence electrons. The van der Waals surface area contributed by atoms with E-state index in [2.05, 4.69) is 40.4 Å². The van der Waals surface area contributed by atoms with Gasteiger partial charge in [-0.05, 0) is 50.3 Å². The second-order valence-electron chi connectivity index (χ2n) is 7.05. The standard InChI is InChI=1S/C20H24N4O/c1-14-11-15(2)24(22-14)13-20(25)23-9-7-16(8-10-23)19-12-17-5-3-4-6-18(17)21-19/h3-6,11-12,16,21H,7-10,13H2,1-2H3. The maximum Gasteiger partial charge on any atom is 0.244 e. The van der Waals surface area contributed by atoms with Crippen molar-refractivity contribution in [2.75, 3.05) is 13.1 Å². The monoisotopic (exact) mass is 336 g/mol. The molecule has 1 aromatic carbocycles. The van der Waals surface area contributed by atoms with Crippen LogP contribution in [0, 0.1) is 13.8 Å². The summed E-state index contributed by atoms with van der Waals surface area (Å²) in [6.07, 6.45) is 2.02. The lowest BCUT2D eigenvalue weighted by atomic mass is 9.93. The summed E-state index contributed by atoms with van der Waals surface area (Å²) in [5.41, 5.74) is 4.49. The molecule has 0 bridgehead atoms. The molecule has 1 saturated heterocycles. The molecule has 0 saturated carbocycles. The normalized spacial score (nSPS) is 15.8. The van der Waals surface area contributed by atoms with Gasteiger partial charge in [0.05, 0.1) is 5.69 Å². The summed E-state index contributed by atoms with van der Waals surface area (Å²) in [4.78, 5) is 18.1. The molecule has 1 amide bonds. The Bertz CT molecular complexity index is 866. The molecule has 0 aliphatic carbocycles. The van der Waals surface area contributed by atoms with Crippen molar-refractivity contribution in [3.8, 4) is 0 Å². The summed E-state index contributed by atoms with van der Waals surface area (Å²) in [7, 11) is 0. The molecule has 1 fully saturated rings. The van der Waals surface area contributed by atoms with Crippen molar-refractivity contribution < 1.29 is 4.79 Å². The molecule has 3 aromatic rings. The molecule has 5 heteroatoms. The number of fused-ring (bicyclic) bond motifs is 1. The van der Waals surface area contributed by atoms with E-state index >= 15 is 0 Å². The first-order chi connectivity index (χ1) is 12.1. The number of nitrogens with one attached hydrogen (secondary N) is 1. The molecule has 25 heavy (non-hydrogen) atoms. The first-order valence-electron chi connectivity index (χ1n) is 8.96. The van der Waals surface area contributed by atoms with E-state index in [9.17, 15) is 4.79 Å². The van der Waals surface area contributed by atoms with Gasteiger partial charge in [-0.3, -0.25) is 9.48 Å². The summed E-state index contributed by atoms with van der Waals surface area (Å²) < 4.78 is 1.81. The zero-order valence-corrected chi connectivity index (χ0v) is 14.8. The number of carbonyl (C=O) groups excluding carboxylic acids is 1. The predicted molar refractivity (Wildman–Crippen MR) is 98.6 cm³/mol. The van der Waals surface area contributed by atoms with Crippen molar-refractivity contribution in [1.29, 1.82) is 0 Å². The van der Waals surface area contributed by atoms with E-state index in [-0.39, 0.29) is 5.91 Å². The highest BCUT2D eigenvalue weighted by Gasteiger charge is 2.25. The maximum atomic E-state index is 12.6. The van der Waals surface area contributed by atoms with Crippen molar-refractivity contribution in [3.05, 3.63) is 53.5 Å². The lowest BCUT2D eigenvalue weighted by molar-refractivity contribution is -0.133. The highest BCUT2D eigenvalue weighted by atomic mass is 16.2. The number of benzene rings is 1. The number of hydrogen-bond acceptors (Lipinski definition) is 2. The molecular formula is C20H24N4O. The number of H-pyrrole nitrogens is 1. The number of aryl methyl sites for hydroxylation is 2. The summed E-state index contributed by atoms with van der Waals surface area (Å²) in [6.45, 7) is 5.93.